The van der Waals surface area contributed by atoms with Crippen molar-refractivity contribution in [1.29, 1.82) is 0 Å². The first-order chi connectivity index (χ1) is 6.73. The van der Waals surface area contributed by atoms with Gasteiger partial charge >= 0.3 is 0 Å². The molecule has 0 bridgehead atoms. The molecule has 84 valence electrons. The Kier molecular flexibility index (Phi) is 3.34. The van der Waals surface area contributed by atoms with E-state index in [9.17, 15) is 13.2 Å². The molecule has 0 fully saturated rings. The minimum atomic E-state index is -3.02. The van der Waals surface area contributed by atoms with E-state index in [0.717, 1.165) is 6.92 Å². The zero-order chi connectivity index (χ0) is 11.8. The molecule has 1 rings (SSSR count). The van der Waals surface area contributed by atoms with Crippen LogP contribution in [-0.2, 0) is 0 Å². The smallest absolute Gasteiger partial charge is 0.207 e. The summed E-state index contributed by atoms with van der Waals surface area (Å²) in [5, 5.41) is -1.42. The van der Waals surface area contributed by atoms with Gasteiger partial charge in [-0.15, -0.1) is 11.6 Å². The summed E-state index contributed by atoms with van der Waals surface area (Å²) in [6.45, 7) is 3.91. The van der Waals surface area contributed by atoms with Gasteiger partial charge in [-0.25, -0.2) is 13.2 Å². The van der Waals surface area contributed by atoms with Gasteiger partial charge in [-0.2, -0.15) is 0 Å². The van der Waals surface area contributed by atoms with E-state index < -0.39 is 17.1 Å². The van der Waals surface area contributed by atoms with Gasteiger partial charge in [0.15, 0.2) is 0 Å². The molecule has 0 radical (unpaired) electrons. The van der Waals surface area contributed by atoms with Crippen molar-refractivity contribution in [2.75, 3.05) is 0 Å². The molecule has 1 atom stereocenters. The Hall–Kier alpha value is -0.700. The molecule has 0 heterocycles. The van der Waals surface area contributed by atoms with Crippen LogP contribution < -0.4 is 0 Å². The second-order valence-electron chi connectivity index (χ2n) is 3.77. The molecule has 1 unspecified atom stereocenters. The van der Waals surface area contributed by atoms with Gasteiger partial charge in [0.2, 0.25) is 0 Å². The lowest BCUT2D eigenvalue weighted by Gasteiger charge is -2.21. The summed E-state index contributed by atoms with van der Waals surface area (Å²) in [5.41, 5.74) is 1.22. The summed E-state index contributed by atoms with van der Waals surface area (Å²) in [7, 11) is 0. The van der Waals surface area contributed by atoms with E-state index >= 15 is 0 Å². The summed E-state index contributed by atoms with van der Waals surface area (Å²) >= 11 is 5.67. The van der Waals surface area contributed by atoms with Crippen LogP contribution in [-0.4, -0.2) is 5.92 Å². The number of rotatable bonds is 2. The molecule has 0 amide bonds. The summed E-state index contributed by atoms with van der Waals surface area (Å²) < 4.78 is 39.0. The van der Waals surface area contributed by atoms with Gasteiger partial charge in [-0.1, -0.05) is 0 Å². The van der Waals surface area contributed by atoms with E-state index in [4.69, 9.17) is 11.6 Å². The monoisotopic (exact) mass is 236 g/mol. The molecule has 0 aliphatic carbocycles. The van der Waals surface area contributed by atoms with Crippen LogP contribution in [0, 0.1) is 19.7 Å². The third kappa shape index (κ3) is 2.65. The number of benzene rings is 1. The molecule has 0 aliphatic heterocycles. The van der Waals surface area contributed by atoms with E-state index in [-0.39, 0.29) is 0 Å². The van der Waals surface area contributed by atoms with Gasteiger partial charge in [0.05, 0.1) is 0 Å². The highest BCUT2D eigenvalue weighted by atomic mass is 35.5. The normalized spacial score (nSPS) is 14.1. The Morgan fingerprint density at radius 2 is 1.60 bits per heavy atom. The number of aryl methyl sites for hydroxylation is 2. The quantitative estimate of drug-likeness (QED) is 0.669. The fourth-order valence-electron chi connectivity index (χ4n) is 1.58. The molecule has 0 nitrogen and oxygen atoms in total. The molecule has 0 spiro atoms. The van der Waals surface area contributed by atoms with Crippen LogP contribution in [0.1, 0.15) is 29.0 Å². The Morgan fingerprint density at radius 3 is 1.93 bits per heavy atom. The van der Waals surface area contributed by atoms with Crippen LogP contribution in [0.5, 0.6) is 0 Å². The van der Waals surface area contributed by atoms with Crippen molar-refractivity contribution in [2.45, 2.75) is 32.1 Å². The highest BCUT2D eigenvalue weighted by molar-refractivity contribution is 6.21. The van der Waals surface area contributed by atoms with Gasteiger partial charge in [0, 0.05) is 6.92 Å². The molecular weight excluding hydrogens is 225 g/mol. The topological polar surface area (TPSA) is 0 Å². The van der Waals surface area contributed by atoms with Crippen LogP contribution in [0.25, 0.3) is 0 Å². The first-order valence-electron chi connectivity index (χ1n) is 4.52. The van der Waals surface area contributed by atoms with E-state index in [0.29, 0.717) is 16.7 Å². The molecule has 0 N–H and O–H groups in total. The van der Waals surface area contributed by atoms with Gasteiger partial charge in [0.25, 0.3) is 5.92 Å². The number of halogens is 4. The fourth-order valence-corrected chi connectivity index (χ4v) is 1.92. The Bertz CT molecular complexity index is 346. The van der Waals surface area contributed by atoms with Crippen LogP contribution >= 0.6 is 11.6 Å². The maximum Gasteiger partial charge on any atom is 0.265 e. The minimum Gasteiger partial charge on any atom is -0.207 e. The van der Waals surface area contributed by atoms with Gasteiger partial charge in [-0.05, 0) is 42.7 Å². The largest absolute Gasteiger partial charge is 0.265 e. The molecule has 0 saturated heterocycles. The number of hydrogen-bond donors (Lipinski definition) is 0. The summed E-state index contributed by atoms with van der Waals surface area (Å²) in [4.78, 5) is 0. The predicted molar refractivity (Wildman–Crippen MR) is 55.1 cm³/mol. The van der Waals surface area contributed by atoms with Crippen LogP contribution in [0.15, 0.2) is 12.1 Å². The first-order valence-corrected chi connectivity index (χ1v) is 4.95. The van der Waals surface area contributed by atoms with Gasteiger partial charge in [-0.3, -0.25) is 0 Å². The molecule has 0 saturated carbocycles. The van der Waals surface area contributed by atoms with Crippen LogP contribution in [0.3, 0.4) is 0 Å². The third-order valence-corrected chi connectivity index (χ3v) is 2.86. The Morgan fingerprint density at radius 1 is 1.20 bits per heavy atom. The zero-order valence-corrected chi connectivity index (χ0v) is 9.50. The van der Waals surface area contributed by atoms with Crippen molar-refractivity contribution in [3.8, 4) is 0 Å². The highest BCUT2D eigenvalue weighted by Crippen LogP contribution is 2.39. The molecular formula is C11H12ClF3. The second-order valence-corrected chi connectivity index (χ2v) is 4.21. The average Bonchev–Trinajstić information content (AvgIpc) is 1.99. The lowest BCUT2D eigenvalue weighted by molar-refractivity contribution is 0.0166. The average molecular weight is 237 g/mol. The third-order valence-electron chi connectivity index (χ3n) is 2.26. The van der Waals surface area contributed by atoms with Crippen LogP contribution in [0.4, 0.5) is 13.2 Å². The lowest BCUT2D eigenvalue weighted by atomic mass is 9.97. The van der Waals surface area contributed by atoms with Crippen molar-refractivity contribution in [3.63, 3.8) is 0 Å². The van der Waals surface area contributed by atoms with E-state index in [2.05, 4.69) is 0 Å². The molecule has 0 aromatic heterocycles. The van der Waals surface area contributed by atoms with Crippen LogP contribution in [0.2, 0.25) is 0 Å². The summed E-state index contributed by atoms with van der Waals surface area (Å²) in [6.07, 6.45) is 0. The van der Waals surface area contributed by atoms with Crippen molar-refractivity contribution >= 4 is 11.6 Å². The molecule has 1 aromatic carbocycles. The number of alkyl halides is 3. The maximum atomic E-state index is 13.0. The summed E-state index contributed by atoms with van der Waals surface area (Å²) in [6, 6.07) is 2.42. The maximum absolute atomic E-state index is 13.0. The molecule has 15 heavy (non-hydrogen) atoms. The van der Waals surface area contributed by atoms with Crippen molar-refractivity contribution < 1.29 is 13.2 Å². The Balaban J connectivity index is 3.26. The molecule has 0 aliphatic rings. The standard InChI is InChI=1S/C11H12ClF3/c1-6-4-8(13)5-7(2)9(6)10(12)11(3,14)15/h4-5,10H,1-3H3. The molecule has 1 aromatic rings. The molecule has 4 heteroatoms. The van der Waals surface area contributed by atoms with Crippen molar-refractivity contribution in [2.24, 2.45) is 0 Å². The number of hydrogen-bond acceptors (Lipinski definition) is 0. The highest BCUT2D eigenvalue weighted by Gasteiger charge is 2.35. The van der Waals surface area contributed by atoms with E-state index in [1.165, 1.54) is 12.1 Å². The van der Waals surface area contributed by atoms with E-state index in [1.54, 1.807) is 13.8 Å². The predicted octanol–water partition coefficient (Wildman–Crippen LogP) is 4.38. The summed E-state index contributed by atoms with van der Waals surface area (Å²) in [5.74, 6) is -3.45. The first kappa shape index (κ1) is 12.4. The minimum absolute atomic E-state index is 0.311. The van der Waals surface area contributed by atoms with E-state index in [1.807, 2.05) is 0 Å². The second kappa shape index (κ2) is 4.05. The zero-order valence-electron chi connectivity index (χ0n) is 8.74. The van der Waals surface area contributed by atoms with Crippen molar-refractivity contribution in [1.82, 2.24) is 0 Å². The fraction of sp³-hybridized carbons (Fsp3) is 0.455. The van der Waals surface area contributed by atoms with Crippen molar-refractivity contribution in [3.05, 3.63) is 34.6 Å². The lowest BCUT2D eigenvalue weighted by Crippen LogP contribution is -2.19. The SMILES string of the molecule is Cc1cc(F)cc(C)c1C(Cl)C(C)(F)F. The Labute approximate surface area is 92.1 Å². The van der Waals surface area contributed by atoms with Gasteiger partial charge < -0.3 is 0 Å². The van der Waals surface area contributed by atoms with Gasteiger partial charge in [0.1, 0.15) is 11.2 Å².